The number of rotatable bonds is 6. The Balaban J connectivity index is 1.80. The fourth-order valence-electron chi connectivity index (χ4n) is 4.53. The van der Waals surface area contributed by atoms with E-state index in [-0.39, 0.29) is 36.0 Å². The predicted molar refractivity (Wildman–Crippen MR) is 145 cm³/mol. The molecule has 0 aliphatic carbocycles. The van der Waals surface area contributed by atoms with Gasteiger partial charge in [-0.2, -0.15) is 5.10 Å². The molecule has 2 amide bonds. The van der Waals surface area contributed by atoms with Crippen LogP contribution in [0.5, 0.6) is 0 Å². The summed E-state index contributed by atoms with van der Waals surface area (Å²) in [7, 11) is 0. The van der Waals surface area contributed by atoms with Crippen molar-refractivity contribution >= 4 is 29.4 Å². The number of aromatic nitrogens is 2. The highest BCUT2D eigenvalue weighted by atomic mass is 32.2. The lowest BCUT2D eigenvalue weighted by Gasteiger charge is -2.23. The molecule has 0 saturated heterocycles. The molecule has 2 heterocycles. The summed E-state index contributed by atoms with van der Waals surface area (Å²) < 4.78 is 29.8. The third-order valence-electron chi connectivity index (χ3n) is 6.11. The Morgan fingerprint density at radius 1 is 1.03 bits per heavy atom. The summed E-state index contributed by atoms with van der Waals surface area (Å²) in [6.07, 6.45) is 0. The van der Waals surface area contributed by atoms with E-state index >= 15 is 0 Å². The van der Waals surface area contributed by atoms with Crippen LogP contribution in [-0.2, 0) is 9.59 Å². The first-order valence-electron chi connectivity index (χ1n) is 12.2. The fourth-order valence-corrected chi connectivity index (χ4v) is 5.72. The first-order chi connectivity index (χ1) is 18.3. The molecular weight excluding hydrogens is 506 g/mol. The van der Waals surface area contributed by atoms with Crippen LogP contribution in [0.3, 0.4) is 0 Å². The lowest BCUT2D eigenvalue weighted by atomic mass is 9.99. The Morgan fingerprint density at radius 3 is 2.45 bits per heavy atom. The Bertz CT molecular complexity index is 1470. The zero-order valence-corrected chi connectivity index (χ0v) is 21.7. The Kier molecular flexibility index (Phi) is 7.28. The van der Waals surface area contributed by atoms with Gasteiger partial charge in [0.25, 0.3) is 0 Å². The zero-order chi connectivity index (χ0) is 26.8. The van der Waals surface area contributed by atoms with Gasteiger partial charge < -0.3 is 5.32 Å². The van der Waals surface area contributed by atoms with Gasteiger partial charge in [0, 0.05) is 17.2 Å². The highest BCUT2D eigenvalue weighted by molar-refractivity contribution is 8.00. The average molecular weight is 533 g/mol. The van der Waals surface area contributed by atoms with Gasteiger partial charge in [0.05, 0.1) is 22.4 Å². The number of fused-ring (bicyclic) bond motifs is 1. The van der Waals surface area contributed by atoms with Gasteiger partial charge in [0.15, 0.2) is 0 Å². The van der Waals surface area contributed by atoms with Gasteiger partial charge >= 0.3 is 0 Å². The summed E-state index contributed by atoms with van der Waals surface area (Å²) in [5.41, 5.74) is 3.27. The molecule has 194 valence electrons. The molecule has 5 rings (SSSR count). The van der Waals surface area contributed by atoms with Crippen LogP contribution in [0.2, 0.25) is 0 Å². The molecule has 3 aromatic carbocycles. The van der Waals surface area contributed by atoms with Crippen LogP contribution in [0.15, 0.2) is 78.9 Å². The molecule has 1 aliphatic rings. The van der Waals surface area contributed by atoms with Crippen LogP contribution in [-0.4, -0.2) is 39.9 Å². The van der Waals surface area contributed by atoms with Crippen LogP contribution < -0.4 is 10.2 Å². The van der Waals surface area contributed by atoms with Gasteiger partial charge in [0.2, 0.25) is 11.8 Å². The van der Waals surface area contributed by atoms with Crippen molar-refractivity contribution in [3.05, 3.63) is 102 Å². The molecule has 0 bridgehead atoms. The molecule has 1 aliphatic heterocycles. The monoisotopic (exact) mass is 532 g/mol. The minimum Gasteiger partial charge on any atom is -0.352 e. The summed E-state index contributed by atoms with van der Waals surface area (Å²) in [6, 6.07) is 21.4. The number of thioether (sulfide) groups is 1. The standard InChI is InChI=1S/C29H26F2N4O2S/c1-18(2)32-24(36)16-34-25(37)17-38-28(20-9-6-10-22(31)15-20)26-27(19-7-4-3-5-8-19)33-35(29(26)34)23-13-11-21(30)12-14-23/h3-15,18,28H,16-17H2,1-2H3,(H,32,36)/t28-/m0/s1. The van der Waals surface area contributed by atoms with Gasteiger partial charge in [0.1, 0.15) is 24.0 Å². The molecule has 1 aromatic heterocycles. The lowest BCUT2D eigenvalue weighted by molar-refractivity contribution is -0.123. The quantitative estimate of drug-likeness (QED) is 0.356. The summed E-state index contributed by atoms with van der Waals surface area (Å²) in [5, 5.41) is 7.31. The highest BCUT2D eigenvalue weighted by Crippen LogP contribution is 2.48. The number of nitrogens with one attached hydrogen (secondary N) is 1. The normalized spacial score (nSPS) is 15.3. The molecule has 1 atom stereocenters. The number of hydrogen-bond donors (Lipinski definition) is 1. The van der Waals surface area contributed by atoms with Gasteiger partial charge in [-0.25, -0.2) is 13.5 Å². The molecular formula is C29H26F2N4O2S. The molecule has 9 heteroatoms. The van der Waals surface area contributed by atoms with E-state index in [1.165, 1.54) is 40.9 Å². The minimum atomic E-state index is -0.452. The first-order valence-corrected chi connectivity index (χ1v) is 13.3. The van der Waals surface area contributed by atoms with Crippen LogP contribution in [0.25, 0.3) is 16.9 Å². The third-order valence-corrected chi connectivity index (χ3v) is 7.37. The second-order valence-corrected chi connectivity index (χ2v) is 10.4. The molecule has 0 fully saturated rings. The SMILES string of the molecule is CC(C)NC(=O)CN1C(=O)CS[C@@H](c2cccc(F)c2)c2c(-c3ccccc3)nn(-c3ccc(F)cc3)c21. The predicted octanol–water partition coefficient (Wildman–Crippen LogP) is 5.51. The zero-order valence-electron chi connectivity index (χ0n) is 20.9. The molecule has 38 heavy (non-hydrogen) atoms. The molecule has 4 aromatic rings. The van der Waals surface area contributed by atoms with Crippen molar-refractivity contribution in [3.63, 3.8) is 0 Å². The number of benzene rings is 3. The molecule has 6 nitrogen and oxygen atoms in total. The lowest BCUT2D eigenvalue weighted by Crippen LogP contribution is -2.44. The van der Waals surface area contributed by atoms with Crippen molar-refractivity contribution in [1.82, 2.24) is 15.1 Å². The largest absolute Gasteiger partial charge is 0.352 e. The first kappa shape index (κ1) is 25.7. The Morgan fingerprint density at radius 2 is 1.76 bits per heavy atom. The van der Waals surface area contributed by atoms with Crippen LogP contribution in [0, 0.1) is 11.6 Å². The molecule has 0 saturated carbocycles. The summed E-state index contributed by atoms with van der Waals surface area (Å²) in [4.78, 5) is 27.9. The van der Waals surface area contributed by atoms with E-state index in [4.69, 9.17) is 5.10 Å². The molecule has 1 N–H and O–H groups in total. The van der Waals surface area contributed by atoms with Crippen molar-refractivity contribution in [2.45, 2.75) is 25.1 Å². The number of hydrogen-bond acceptors (Lipinski definition) is 4. The van der Waals surface area contributed by atoms with Crippen molar-refractivity contribution in [1.29, 1.82) is 0 Å². The second-order valence-electron chi connectivity index (χ2n) is 9.29. The van der Waals surface area contributed by atoms with Crippen LogP contribution in [0.4, 0.5) is 14.6 Å². The Hall–Kier alpha value is -3.98. The average Bonchev–Trinajstić information content (AvgIpc) is 3.21. The number of carbonyl (C=O) groups excluding carboxylic acids is 2. The van der Waals surface area contributed by atoms with E-state index in [0.717, 1.165) is 5.56 Å². The van der Waals surface area contributed by atoms with E-state index in [1.54, 1.807) is 22.9 Å². The minimum absolute atomic E-state index is 0.0719. The Labute approximate surface area is 223 Å². The maximum absolute atomic E-state index is 14.4. The van der Waals surface area contributed by atoms with Gasteiger partial charge in [-0.05, 0) is 55.8 Å². The van der Waals surface area contributed by atoms with Crippen LogP contribution in [0.1, 0.15) is 30.2 Å². The van der Waals surface area contributed by atoms with E-state index in [0.29, 0.717) is 28.3 Å². The van der Waals surface area contributed by atoms with Crippen molar-refractivity contribution in [3.8, 4) is 16.9 Å². The van der Waals surface area contributed by atoms with Gasteiger partial charge in [-0.1, -0.05) is 42.5 Å². The van der Waals surface area contributed by atoms with Gasteiger partial charge in [-0.3, -0.25) is 14.5 Å². The number of nitrogens with zero attached hydrogens (tertiary/aromatic N) is 3. The van der Waals surface area contributed by atoms with E-state index in [9.17, 15) is 18.4 Å². The number of carbonyl (C=O) groups is 2. The van der Waals surface area contributed by atoms with Crippen molar-refractivity contribution in [2.24, 2.45) is 0 Å². The molecule has 0 unspecified atom stereocenters. The summed E-state index contributed by atoms with van der Waals surface area (Å²) in [5.74, 6) is -0.923. The maximum Gasteiger partial charge on any atom is 0.240 e. The molecule has 0 radical (unpaired) electrons. The summed E-state index contributed by atoms with van der Waals surface area (Å²) >= 11 is 1.36. The van der Waals surface area contributed by atoms with Gasteiger partial charge in [-0.15, -0.1) is 11.8 Å². The summed E-state index contributed by atoms with van der Waals surface area (Å²) in [6.45, 7) is 3.47. The number of anilines is 1. The van der Waals surface area contributed by atoms with E-state index in [1.807, 2.05) is 50.2 Å². The fraction of sp³-hybridized carbons (Fsp3) is 0.207. The van der Waals surface area contributed by atoms with Crippen LogP contribution >= 0.6 is 11.8 Å². The van der Waals surface area contributed by atoms with E-state index in [2.05, 4.69) is 5.32 Å². The van der Waals surface area contributed by atoms with E-state index < -0.39 is 11.1 Å². The second kappa shape index (κ2) is 10.8. The van der Waals surface area contributed by atoms with Crippen molar-refractivity contribution < 1.29 is 18.4 Å². The van der Waals surface area contributed by atoms with Crippen molar-refractivity contribution in [2.75, 3.05) is 17.2 Å². The third kappa shape index (κ3) is 5.19. The number of amides is 2. The smallest absolute Gasteiger partial charge is 0.240 e. The molecule has 0 spiro atoms. The topological polar surface area (TPSA) is 67.2 Å². The maximum atomic E-state index is 14.4. The highest BCUT2D eigenvalue weighted by Gasteiger charge is 2.37. The number of halogens is 2.